The van der Waals surface area contributed by atoms with Gasteiger partial charge in [-0.3, -0.25) is 4.79 Å². The smallest absolute Gasteiger partial charge is 0.383 e. The number of aliphatic hydroxyl groups is 1. The molecule has 0 amide bonds. The molecule has 3 N–H and O–H groups in total. The van der Waals surface area contributed by atoms with Gasteiger partial charge in [-0.05, 0) is 0 Å². The van der Waals surface area contributed by atoms with Gasteiger partial charge in [0.25, 0.3) is 5.78 Å². The summed E-state index contributed by atoms with van der Waals surface area (Å²) in [7, 11) is 0. The Labute approximate surface area is 178 Å². The van der Waals surface area contributed by atoms with E-state index >= 15 is 0 Å². The Morgan fingerprint density at radius 3 is 1.94 bits per heavy atom. The van der Waals surface area contributed by atoms with E-state index in [0.29, 0.717) is 11.1 Å². The first-order valence-electron chi connectivity index (χ1n) is 9.42. The number of amidine groups is 1. The molecule has 0 aliphatic carbocycles. The summed E-state index contributed by atoms with van der Waals surface area (Å²) in [6.07, 6.45) is 0. The van der Waals surface area contributed by atoms with Crippen molar-refractivity contribution < 1.29 is 24.3 Å². The van der Waals surface area contributed by atoms with Crippen LogP contribution in [0.4, 0.5) is 0 Å². The number of ether oxygens (including phenoxy) is 1. The fourth-order valence-electron chi connectivity index (χ4n) is 3.24. The van der Waals surface area contributed by atoms with Gasteiger partial charge in [0.15, 0.2) is 5.84 Å². The number of rotatable bonds is 5. The number of ketones is 1. The van der Waals surface area contributed by atoms with Crippen LogP contribution in [0.15, 0.2) is 102 Å². The van der Waals surface area contributed by atoms with Gasteiger partial charge in [0, 0.05) is 16.7 Å². The van der Waals surface area contributed by atoms with Crippen LogP contribution >= 0.6 is 0 Å². The maximum absolute atomic E-state index is 12.8. The van der Waals surface area contributed by atoms with Crippen LogP contribution < -0.4 is 5.73 Å². The summed E-state index contributed by atoms with van der Waals surface area (Å²) in [5.41, 5.74) is 6.83. The lowest BCUT2D eigenvalue weighted by Gasteiger charge is -2.26. The maximum atomic E-state index is 12.8. The minimum atomic E-state index is -2.10. The molecule has 1 heterocycles. The highest BCUT2D eigenvalue weighted by Crippen LogP contribution is 2.44. The van der Waals surface area contributed by atoms with Crippen LogP contribution in [0.1, 0.15) is 16.7 Å². The zero-order chi connectivity index (χ0) is 21.8. The van der Waals surface area contributed by atoms with E-state index in [4.69, 9.17) is 15.3 Å². The van der Waals surface area contributed by atoms with Gasteiger partial charge in [0.1, 0.15) is 11.3 Å². The quantitative estimate of drug-likeness (QED) is 0.126. The summed E-state index contributed by atoms with van der Waals surface area (Å²) in [6, 6.07) is 25.4. The van der Waals surface area contributed by atoms with Crippen molar-refractivity contribution in [1.29, 1.82) is 0 Å². The van der Waals surface area contributed by atoms with E-state index in [2.05, 4.69) is 5.16 Å². The molecule has 1 saturated heterocycles. The fraction of sp³-hybridized carbons (Fsp3) is 0.0417. The molecule has 7 nitrogen and oxygen atoms in total. The SMILES string of the molecule is N/C(=N\OC1(c2ccccc2)OC(=O)C(=O)/C1=C(/O)c1ccccc1)c1ccccc1. The molecule has 4 rings (SSSR count). The number of oxime groups is 1. The molecule has 0 saturated carbocycles. The van der Waals surface area contributed by atoms with Crippen LogP contribution in [0.25, 0.3) is 5.76 Å². The average molecular weight is 414 g/mol. The third kappa shape index (κ3) is 3.64. The first-order valence-corrected chi connectivity index (χ1v) is 9.42. The van der Waals surface area contributed by atoms with Crippen LogP contribution in [0, 0.1) is 0 Å². The predicted molar refractivity (Wildman–Crippen MR) is 113 cm³/mol. The number of hydrogen-bond donors (Lipinski definition) is 2. The molecule has 0 radical (unpaired) electrons. The molecule has 1 unspecified atom stereocenters. The minimum Gasteiger partial charge on any atom is -0.507 e. The van der Waals surface area contributed by atoms with Crippen LogP contribution in [0.5, 0.6) is 0 Å². The van der Waals surface area contributed by atoms with E-state index < -0.39 is 23.3 Å². The third-order valence-electron chi connectivity index (χ3n) is 4.76. The molecular weight excluding hydrogens is 396 g/mol. The van der Waals surface area contributed by atoms with Gasteiger partial charge in [-0.25, -0.2) is 4.79 Å². The van der Waals surface area contributed by atoms with E-state index in [9.17, 15) is 14.7 Å². The number of esters is 1. The molecule has 3 aromatic carbocycles. The number of nitrogens with zero attached hydrogens (tertiary/aromatic N) is 1. The minimum absolute atomic E-state index is 0.00450. The van der Waals surface area contributed by atoms with Crippen molar-refractivity contribution >= 4 is 23.3 Å². The number of nitrogens with two attached hydrogens (primary N) is 1. The number of Topliss-reactive ketones (excluding diaryl/α,β-unsaturated/α-hetero) is 1. The first-order chi connectivity index (χ1) is 15.0. The largest absolute Gasteiger partial charge is 0.507 e. The summed E-state index contributed by atoms with van der Waals surface area (Å²) < 4.78 is 5.40. The number of carbonyl (C=O) groups excluding carboxylic acids is 2. The molecule has 1 aliphatic heterocycles. The number of hydrogen-bond acceptors (Lipinski definition) is 6. The Balaban J connectivity index is 1.90. The van der Waals surface area contributed by atoms with Gasteiger partial charge in [-0.15, -0.1) is 0 Å². The van der Waals surface area contributed by atoms with Gasteiger partial charge in [0.05, 0.1) is 0 Å². The predicted octanol–water partition coefficient (Wildman–Crippen LogP) is 3.27. The fourth-order valence-corrected chi connectivity index (χ4v) is 3.24. The molecule has 7 heteroatoms. The topological polar surface area (TPSA) is 111 Å². The molecule has 1 fully saturated rings. The van der Waals surface area contributed by atoms with Gasteiger partial charge in [-0.2, -0.15) is 0 Å². The zero-order valence-electron chi connectivity index (χ0n) is 16.3. The summed E-state index contributed by atoms with van der Waals surface area (Å²) >= 11 is 0. The number of cyclic esters (lactones) is 1. The Kier molecular flexibility index (Phi) is 5.24. The van der Waals surface area contributed by atoms with Crippen molar-refractivity contribution in [2.24, 2.45) is 10.9 Å². The second-order valence-electron chi connectivity index (χ2n) is 6.72. The van der Waals surface area contributed by atoms with Crippen molar-refractivity contribution in [3.63, 3.8) is 0 Å². The monoisotopic (exact) mass is 414 g/mol. The standard InChI is InChI=1S/C24H18N2O5/c25-22(17-12-6-2-7-13-17)26-31-24(18-14-8-3-9-15-18)19(21(28)23(29)30-24)20(27)16-10-4-1-5-11-16/h1-15,27H,(H2,25,26)/b20-19-. The van der Waals surface area contributed by atoms with Crippen LogP contribution in [-0.4, -0.2) is 22.7 Å². The first kappa shape index (κ1) is 19.9. The summed E-state index contributed by atoms with van der Waals surface area (Å²) in [5.74, 6) is -4.75. The van der Waals surface area contributed by atoms with Crippen LogP contribution in [-0.2, 0) is 25.0 Å². The second-order valence-corrected chi connectivity index (χ2v) is 6.72. The van der Waals surface area contributed by atoms with Gasteiger partial charge in [0.2, 0.25) is 0 Å². The van der Waals surface area contributed by atoms with Crippen LogP contribution in [0.3, 0.4) is 0 Å². The molecular formula is C24H18N2O5. The molecule has 0 spiro atoms. The molecule has 31 heavy (non-hydrogen) atoms. The number of benzene rings is 3. The lowest BCUT2D eigenvalue weighted by atomic mass is 9.93. The average Bonchev–Trinajstić information content (AvgIpc) is 3.09. The van der Waals surface area contributed by atoms with E-state index in [-0.39, 0.29) is 17.0 Å². The molecule has 0 bridgehead atoms. The van der Waals surface area contributed by atoms with Crippen molar-refractivity contribution in [2.75, 3.05) is 0 Å². The normalized spacial score (nSPS) is 20.3. The molecule has 1 aliphatic rings. The highest BCUT2D eigenvalue weighted by Gasteiger charge is 2.58. The van der Waals surface area contributed by atoms with Crippen molar-refractivity contribution in [2.45, 2.75) is 5.79 Å². The lowest BCUT2D eigenvalue weighted by Crippen LogP contribution is -2.32. The van der Waals surface area contributed by atoms with E-state index in [0.717, 1.165) is 0 Å². The van der Waals surface area contributed by atoms with Crippen molar-refractivity contribution in [1.82, 2.24) is 0 Å². The summed E-state index contributed by atoms with van der Waals surface area (Å²) in [5, 5.41) is 14.9. The number of aliphatic hydroxyl groups excluding tert-OH is 1. The van der Waals surface area contributed by atoms with Crippen LogP contribution in [0.2, 0.25) is 0 Å². The van der Waals surface area contributed by atoms with Crippen molar-refractivity contribution in [3.05, 3.63) is 113 Å². The Morgan fingerprint density at radius 1 is 0.839 bits per heavy atom. The van der Waals surface area contributed by atoms with E-state index in [1.165, 1.54) is 0 Å². The lowest BCUT2D eigenvalue weighted by molar-refractivity contribution is -0.204. The maximum Gasteiger partial charge on any atom is 0.383 e. The van der Waals surface area contributed by atoms with Gasteiger partial charge < -0.3 is 20.4 Å². The summed E-state index contributed by atoms with van der Waals surface area (Å²) in [4.78, 5) is 30.8. The molecule has 3 aromatic rings. The van der Waals surface area contributed by atoms with E-state index in [1.807, 2.05) is 6.07 Å². The highest BCUT2D eigenvalue weighted by molar-refractivity contribution is 6.44. The second kappa shape index (κ2) is 8.16. The zero-order valence-corrected chi connectivity index (χ0v) is 16.3. The summed E-state index contributed by atoms with van der Waals surface area (Å²) in [6.45, 7) is 0. The van der Waals surface area contributed by atoms with Gasteiger partial charge in [-0.1, -0.05) is 96.2 Å². The molecule has 1 atom stereocenters. The Hall–Kier alpha value is -4.39. The third-order valence-corrected chi connectivity index (χ3v) is 4.76. The van der Waals surface area contributed by atoms with Gasteiger partial charge >= 0.3 is 11.8 Å². The Bertz CT molecular complexity index is 1170. The molecule has 0 aromatic heterocycles. The highest BCUT2D eigenvalue weighted by atomic mass is 16.8. The van der Waals surface area contributed by atoms with Crippen molar-refractivity contribution in [3.8, 4) is 0 Å². The Morgan fingerprint density at radius 2 is 1.35 bits per heavy atom. The number of carbonyl (C=O) groups is 2. The van der Waals surface area contributed by atoms with E-state index in [1.54, 1.807) is 84.9 Å². The molecule has 154 valence electrons.